The molecular weight excluding hydrogens is 468 g/mol. The predicted molar refractivity (Wildman–Crippen MR) is 122 cm³/mol. The number of esters is 1. The van der Waals surface area contributed by atoms with Gasteiger partial charge in [-0.25, -0.2) is 0 Å². The van der Waals surface area contributed by atoms with Gasteiger partial charge in [0.05, 0.1) is 32.8 Å². The maximum absolute atomic E-state index is 12.3. The molecular formula is C20H36N6O9. The van der Waals surface area contributed by atoms with Crippen molar-refractivity contribution in [3.63, 3.8) is 0 Å². The molecule has 35 heavy (non-hydrogen) atoms. The van der Waals surface area contributed by atoms with Gasteiger partial charge in [0.25, 0.3) is 0 Å². The van der Waals surface area contributed by atoms with Crippen LogP contribution >= 0.6 is 0 Å². The highest BCUT2D eigenvalue weighted by Crippen LogP contribution is 2.02. The third-order valence-corrected chi connectivity index (χ3v) is 5.43. The molecule has 15 nitrogen and oxygen atoms in total. The molecule has 0 aromatic rings. The molecule has 6 N–H and O–H groups in total. The molecule has 0 aliphatic carbocycles. The summed E-state index contributed by atoms with van der Waals surface area (Å²) in [5.74, 6) is -4.27. The van der Waals surface area contributed by atoms with E-state index in [1.54, 1.807) is 14.7 Å². The Morgan fingerprint density at radius 2 is 1.09 bits per heavy atom. The molecule has 1 saturated heterocycles. The summed E-state index contributed by atoms with van der Waals surface area (Å²) in [6.07, 6.45) is 0. The van der Waals surface area contributed by atoms with Gasteiger partial charge in [0.15, 0.2) is 0 Å². The van der Waals surface area contributed by atoms with Gasteiger partial charge in [0.2, 0.25) is 5.91 Å². The summed E-state index contributed by atoms with van der Waals surface area (Å²) in [5.41, 5.74) is 6.00. The maximum Gasteiger partial charge on any atom is 0.325 e. The number of nitrogens with zero attached hydrogens (tertiary/aromatic N) is 4. The van der Waals surface area contributed by atoms with Gasteiger partial charge in [-0.3, -0.25) is 43.6 Å². The number of hydrogen-bond acceptors (Lipinski definition) is 11. The van der Waals surface area contributed by atoms with E-state index in [2.05, 4.69) is 10.1 Å². The van der Waals surface area contributed by atoms with Crippen molar-refractivity contribution in [3.8, 4) is 0 Å². The second kappa shape index (κ2) is 15.9. The number of nitrogens with two attached hydrogens (primary N) is 1. The summed E-state index contributed by atoms with van der Waals surface area (Å²) in [7, 11) is 1.19. The molecule has 0 saturated carbocycles. The zero-order chi connectivity index (χ0) is 26.4. The molecule has 1 aliphatic rings. The van der Waals surface area contributed by atoms with E-state index >= 15 is 0 Å². The van der Waals surface area contributed by atoms with E-state index in [0.29, 0.717) is 26.2 Å². The molecule has 1 rings (SSSR count). The van der Waals surface area contributed by atoms with E-state index in [4.69, 9.17) is 5.73 Å². The summed E-state index contributed by atoms with van der Waals surface area (Å²) in [4.78, 5) is 64.2. The van der Waals surface area contributed by atoms with Crippen LogP contribution in [-0.2, 0) is 28.7 Å². The van der Waals surface area contributed by atoms with Crippen molar-refractivity contribution < 1.29 is 44.0 Å². The van der Waals surface area contributed by atoms with Crippen LogP contribution in [0, 0.1) is 0 Å². The van der Waals surface area contributed by atoms with Crippen LogP contribution in [0.2, 0.25) is 0 Å². The predicted octanol–water partition coefficient (Wildman–Crippen LogP) is -3.92. The van der Waals surface area contributed by atoms with Crippen LogP contribution in [0.3, 0.4) is 0 Å². The van der Waals surface area contributed by atoms with Gasteiger partial charge in [-0.15, -0.1) is 0 Å². The van der Waals surface area contributed by atoms with Crippen LogP contribution in [0.15, 0.2) is 0 Å². The third kappa shape index (κ3) is 13.6. The quantitative estimate of drug-likeness (QED) is 0.170. The van der Waals surface area contributed by atoms with Gasteiger partial charge in [0, 0.05) is 58.9 Å². The molecule has 1 atom stereocenters. The highest BCUT2D eigenvalue weighted by molar-refractivity contribution is 5.85. The molecule has 1 heterocycles. The van der Waals surface area contributed by atoms with Gasteiger partial charge in [-0.1, -0.05) is 0 Å². The number of rotatable bonds is 11. The highest BCUT2D eigenvalue weighted by atomic mass is 16.5. The number of ether oxygens (including phenoxy) is 1. The monoisotopic (exact) mass is 504 g/mol. The lowest BCUT2D eigenvalue weighted by atomic mass is 10.2. The highest BCUT2D eigenvalue weighted by Gasteiger charge is 2.23. The second-order valence-corrected chi connectivity index (χ2v) is 8.21. The minimum absolute atomic E-state index is 0.0972. The largest absolute Gasteiger partial charge is 0.480 e. The standard InChI is InChI=1S/C20H36N6O9/c1-35-19(33)10-22-20(34)15(21)11-23-2-4-24(12-16(27)28)6-8-26(14-18(31)32)9-7-25(5-3-23)13-17(29)30/h15H,2-14,21H2,1H3,(H,22,34)(H,27,28)(H,29,30)(H,31,32). The number of carbonyl (C=O) groups excluding carboxylic acids is 2. The van der Waals surface area contributed by atoms with E-state index < -0.39 is 35.8 Å². The maximum atomic E-state index is 12.3. The van der Waals surface area contributed by atoms with Crippen molar-refractivity contribution in [2.75, 3.05) is 92.2 Å². The molecule has 1 amide bonds. The molecule has 0 radical (unpaired) electrons. The summed E-state index contributed by atoms with van der Waals surface area (Å²) < 4.78 is 4.48. The Morgan fingerprint density at radius 1 is 0.743 bits per heavy atom. The van der Waals surface area contributed by atoms with Crippen molar-refractivity contribution in [1.29, 1.82) is 0 Å². The number of carboxylic acids is 3. The first-order valence-corrected chi connectivity index (χ1v) is 11.1. The lowest BCUT2D eigenvalue weighted by molar-refractivity contribution is -0.141. The van der Waals surface area contributed by atoms with Crippen molar-refractivity contribution in [3.05, 3.63) is 0 Å². The Labute approximate surface area is 203 Å². The number of carboxylic acid groups (broad SMARTS) is 3. The normalized spacial score (nSPS) is 18.6. The first-order chi connectivity index (χ1) is 16.5. The zero-order valence-corrected chi connectivity index (χ0v) is 19.9. The first-order valence-electron chi connectivity index (χ1n) is 11.1. The average molecular weight is 505 g/mol. The number of amides is 1. The van der Waals surface area contributed by atoms with Crippen LogP contribution in [-0.4, -0.2) is 163 Å². The third-order valence-electron chi connectivity index (χ3n) is 5.43. The van der Waals surface area contributed by atoms with Gasteiger partial charge in [-0.05, 0) is 0 Å². The summed E-state index contributed by atoms with van der Waals surface area (Å²) in [6.45, 7) is 1.48. The number of nitrogens with one attached hydrogen (secondary N) is 1. The van der Waals surface area contributed by atoms with Gasteiger partial charge < -0.3 is 31.1 Å². The molecule has 0 bridgehead atoms. The summed E-state index contributed by atoms with van der Waals surface area (Å²) in [6, 6.07) is -0.987. The lowest BCUT2D eigenvalue weighted by Gasteiger charge is -2.33. The van der Waals surface area contributed by atoms with E-state index in [1.165, 1.54) is 7.11 Å². The Morgan fingerprint density at radius 3 is 1.40 bits per heavy atom. The van der Waals surface area contributed by atoms with E-state index in [1.807, 2.05) is 4.90 Å². The summed E-state index contributed by atoms with van der Waals surface area (Å²) >= 11 is 0. The molecule has 200 valence electrons. The fourth-order valence-electron chi connectivity index (χ4n) is 3.53. The Hall–Kier alpha value is -2.85. The molecule has 0 aromatic carbocycles. The Balaban J connectivity index is 2.94. The van der Waals surface area contributed by atoms with E-state index in [0.717, 1.165) is 0 Å². The van der Waals surface area contributed by atoms with Crippen molar-refractivity contribution in [1.82, 2.24) is 24.9 Å². The number of methoxy groups -OCH3 is 1. The molecule has 1 aliphatic heterocycles. The minimum Gasteiger partial charge on any atom is -0.480 e. The fourth-order valence-corrected chi connectivity index (χ4v) is 3.53. The Kier molecular flexibility index (Phi) is 13.7. The van der Waals surface area contributed by atoms with E-state index in [-0.39, 0.29) is 58.9 Å². The number of aliphatic carboxylic acids is 3. The second-order valence-electron chi connectivity index (χ2n) is 8.21. The van der Waals surface area contributed by atoms with Gasteiger partial charge in [0.1, 0.15) is 6.54 Å². The minimum atomic E-state index is -1.03. The van der Waals surface area contributed by atoms with Crippen LogP contribution in [0.5, 0.6) is 0 Å². The van der Waals surface area contributed by atoms with Crippen LogP contribution < -0.4 is 11.1 Å². The number of hydrogen-bond donors (Lipinski definition) is 5. The SMILES string of the molecule is COC(=O)CNC(=O)C(N)CN1CCN(CC(=O)O)CCN(CC(=O)O)CCN(CC(=O)O)CC1. The average Bonchev–Trinajstić information content (AvgIpc) is 2.77. The molecule has 1 unspecified atom stereocenters. The van der Waals surface area contributed by atoms with Crippen molar-refractivity contribution >= 4 is 29.8 Å². The topological polar surface area (TPSA) is 206 Å². The smallest absolute Gasteiger partial charge is 0.325 e. The lowest BCUT2D eigenvalue weighted by Crippen LogP contribution is -2.53. The first kappa shape index (κ1) is 30.2. The zero-order valence-electron chi connectivity index (χ0n) is 19.9. The molecule has 0 spiro atoms. The fraction of sp³-hybridized carbons (Fsp3) is 0.750. The van der Waals surface area contributed by atoms with Gasteiger partial charge >= 0.3 is 23.9 Å². The van der Waals surface area contributed by atoms with Crippen molar-refractivity contribution in [2.24, 2.45) is 5.73 Å². The summed E-state index contributed by atoms with van der Waals surface area (Å²) in [5, 5.41) is 30.1. The molecule has 0 aromatic heterocycles. The molecule has 15 heteroatoms. The van der Waals surface area contributed by atoms with E-state index in [9.17, 15) is 39.3 Å². The number of carbonyl (C=O) groups is 5. The van der Waals surface area contributed by atoms with Crippen molar-refractivity contribution in [2.45, 2.75) is 6.04 Å². The van der Waals surface area contributed by atoms with Crippen LogP contribution in [0.25, 0.3) is 0 Å². The molecule has 1 fully saturated rings. The van der Waals surface area contributed by atoms with Crippen LogP contribution in [0.4, 0.5) is 0 Å². The van der Waals surface area contributed by atoms with Gasteiger partial charge in [-0.2, -0.15) is 0 Å². The Bertz CT molecular complexity index is 706. The van der Waals surface area contributed by atoms with Crippen LogP contribution in [0.1, 0.15) is 0 Å².